The van der Waals surface area contributed by atoms with Crippen LogP contribution >= 0.6 is 0 Å². The van der Waals surface area contributed by atoms with Gasteiger partial charge in [-0.05, 0) is 61.7 Å². The topological polar surface area (TPSA) is 58.1 Å². The van der Waals surface area contributed by atoms with Crippen molar-refractivity contribution >= 4 is 23.2 Å². The molecular formula is C22H24N4O. The van der Waals surface area contributed by atoms with Gasteiger partial charge in [0.25, 0.3) is 5.91 Å². The van der Waals surface area contributed by atoms with E-state index in [0.717, 1.165) is 23.4 Å². The van der Waals surface area contributed by atoms with Crippen molar-refractivity contribution in [3.8, 4) is 0 Å². The largest absolute Gasteiger partial charge is 0.324 e. The standard InChI is InChI=1S/C22H24N4O/c1-4-17-9-11-18(12-10-17)24-22-23-14-13-20(25-22)21(27)26(5-2)19-8-6-7-16(3)15-19/h6-15H,4-5H2,1-3H3,(H,23,24,25). The minimum atomic E-state index is -0.144. The third-order valence-electron chi connectivity index (χ3n) is 4.37. The molecule has 0 atom stereocenters. The molecule has 5 nitrogen and oxygen atoms in total. The number of nitrogens with one attached hydrogen (secondary N) is 1. The van der Waals surface area contributed by atoms with Crippen LogP contribution in [0.4, 0.5) is 17.3 Å². The van der Waals surface area contributed by atoms with Crippen LogP contribution < -0.4 is 10.2 Å². The maximum absolute atomic E-state index is 13.0. The normalized spacial score (nSPS) is 10.5. The maximum Gasteiger partial charge on any atom is 0.277 e. The van der Waals surface area contributed by atoms with E-state index in [2.05, 4.69) is 34.3 Å². The van der Waals surface area contributed by atoms with Gasteiger partial charge in [-0.2, -0.15) is 0 Å². The van der Waals surface area contributed by atoms with Crippen LogP contribution in [0, 0.1) is 6.92 Å². The number of hydrogen-bond donors (Lipinski definition) is 1. The highest BCUT2D eigenvalue weighted by Gasteiger charge is 2.18. The summed E-state index contributed by atoms with van der Waals surface area (Å²) in [5.74, 6) is 0.264. The second-order valence-corrected chi connectivity index (χ2v) is 6.33. The smallest absolute Gasteiger partial charge is 0.277 e. The van der Waals surface area contributed by atoms with Gasteiger partial charge in [0.1, 0.15) is 5.69 Å². The Morgan fingerprint density at radius 2 is 1.85 bits per heavy atom. The molecule has 0 unspecified atom stereocenters. The lowest BCUT2D eigenvalue weighted by Crippen LogP contribution is -2.31. The maximum atomic E-state index is 13.0. The van der Waals surface area contributed by atoms with E-state index in [1.165, 1.54) is 5.56 Å². The van der Waals surface area contributed by atoms with E-state index in [0.29, 0.717) is 18.2 Å². The summed E-state index contributed by atoms with van der Waals surface area (Å²) in [6.45, 7) is 6.65. The van der Waals surface area contributed by atoms with Crippen molar-refractivity contribution in [3.05, 3.63) is 77.6 Å². The summed E-state index contributed by atoms with van der Waals surface area (Å²) < 4.78 is 0. The Labute approximate surface area is 160 Å². The molecule has 0 spiro atoms. The molecule has 1 amide bonds. The molecule has 0 saturated carbocycles. The number of carbonyl (C=O) groups is 1. The van der Waals surface area contributed by atoms with Crippen molar-refractivity contribution in [1.29, 1.82) is 0 Å². The van der Waals surface area contributed by atoms with E-state index < -0.39 is 0 Å². The van der Waals surface area contributed by atoms with Crippen LogP contribution in [0.5, 0.6) is 0 Å². The number of amides is 1. The molecule has 0 radical (unpaired) electrons. The van der Waals surface area contributed by atoms with Crippen LogP contribution in [0.3, 0.4) is 0 Å². The summed E-state index contributed by atoms with van der Waals surface area (Å²) in [6, 6.07) is 17.6. The van der Waals surface area contributed by atoms with Gasteiger partial charge in [0.05, 0.1) is 0 Å². The highest BCUT2D eigenvalue weighted by atomic mass is 16.2. The number of carbonyl (C=O) groups excluding carboxylic acids is 1. The quantitative estimate of drug-likeness (QED) is 0.689. The van der Waals surface area contributed by atoms with E-state index >= 15 is 0 Å². The lowest BCUT2D eigenvalue weighted by atomic mass is 10.1. The molecule has 5 heteroatoms. The molecule has 0 aliphatic rings. The van der Waals surface area contributed by atoms with Crippen molar-refractivity contribution in [2.75, 3.05) is 16.8 Å². The van der Waals surface area contributed by atoms with Gasteiger partial charge in [-0.3, -0.25) is 4.79 Å². The fourth-order valence-electron chi connectivity index (χ4n) is 2.87. The van der Waals surface area contributed by atoms with Gasteiger partial charge in [0.15, 0.2) is 0 Å². The minimum absolute atomic E-state index is 0.144. The van der Waals surface area contributed by atoms with Crippen molar-refractivity contribution in [1.82, 2.24) is 9.97 Å². The molecule has 3 aromatic rings. The predicted molar refractivity (Wildman–Crippen MR) is 110 cm³/mol. The SMILES string of the molecule is CCc1ccc(Nc2nccc(C(=O)N(CC)c3cccc(C)c3)n2)cc1. The number of nitrogens with zero attached hydrogens (tertiary/aromatic N) is 3. The lowest BCUT2D eigenvalue weighted by Gasteiger charge is -2.21. The Hall–Kier alpha value is -3.21. The number of aromatic nitrogens is 2. The molecule has 0 saturated heterocycles. The third kappa shape index (κ3) is 4.50. The molecule has 27 heavy (non-hydrogen) atoms. The highest BCUT2D eigenvalue weighted by Crippen LogP contribution is 2.19. The average Bonchev–Trinajstić information content (AvgIpc) is 2.69. The molecule has 0 fully saturated rings. The van der Waals surface area contributed by atoms with Crippen molar-refractivity contribution in [3.63, 3.8) is 0 Å². The molecule has 1 heterocycles. The molecule has 0 bridgehead atoms. The van der Waals surface area contributed by atoms with E-state index in [1.54, 1.807) is 17.2 Å². The first-order valence-corrected chi connectivity index (χ1v) is 9.18. The molecule has 0 aliphatic carbocycles. The van der Waals surface area contributed by atoms with Gasteiger partial charge in [-0.25, -0.2) is 9.97 Å². The van der Waals surface area contributed by atoms with E-state index in [-0.39, 0.29) is 5.91 Å². The Morgan fingerprint density at radius 3 is 2.52 bits per heavy atom. The van der Waals surface area contributed by atoms with E-state index in [4.69, 9.17) is 0 Å². The number of aryl methyl sites for hydroxylation is 2. The van der Waals surface area contributed by atoms with Gasteiger partial charge in [0, 0.05) is 24.1 Å². The summed E-state index contributed by atoms with van der Waals surface area (Å²) >= 11 is 0. The lowest BCUT2D eigenvalue weighted by molar-refractivity contribution is 0.0983. The molecule has 0 aliphatic heterocycles. The van der Waals surface area contributed by atoms with Crippen molar-refractivity contribution in [2.45, 2.75) is 27.2 Å². The molecule has 138 valence electrons. The van der Waals surface area contributed by atoms with E-state index in [1.807, 2.05) is 50.2 Å². The average molecular weight is 360 g/mol. The molecular weight excluding hydrogens is 336 g/mol. The van der Waals surface area contributed by atoms with Crippen LogP contribution in [0.2, 0.25) is 0 Å². The number of rotatable bonds is 6. The number of benzene rings is 2. The molecule has 1 N–H and O–H groups in total. The Bertz CT molecular complexity index is 922. The molecule has 1 aromatic heterocycles. The Morgan fingerprint density at radius 1 is 1.07 bits per heavy atom. The monoisotopic (exact) mass is 360 g/mol. The van der Waals surface area contributed by atoms with Gasteiger partial charge in [-0.15, -0.1) is 0 Å². The second-order valence-electron chi connectivity index (χ2n) is 6.33. The third-order valence-corrected chi connectivity index (χ3v) is 4.37. The van der Waals surface area contributed by atoms with Crippen LogP contribution in [0.15, 0.2) is 60.8 Å². The predicted octanol–water partition coefficient (Wildman–Crippen LogP) is 4.76. The Kier molecular flexibility index (Phi) is 5.81. The van der Waals surface area contributed by atoms with Gasteiger partial charge < -0.3 is 10.2 Å². The van der Waals surface area contributed by atoms with E-state index in [9.17, 15) is 4.79 Å². The second kappa shape index (κ2) is 8.45. The summed E-state index contributed by atoms with van der Waals surface area (Å²) in [6.07, 6.45) is 2.60. The zero-order valence-corrected chi connectivity index (χ0v) is 15.9. The molecule has 2 aromatic carbocycles. The highest BCUT2D eigenvalue weighted by molar-refractivity contribution is 6.04. The first-order chi connectivity index (χ1) is 13.1. The van der Waals surface area contributed by atoms with Gasteiger partial charge in [-0.1, -0.05) is 31.2 Å². The van der Waals surface area contributed by atoms with Crippen LogP contribution in [-0.4, -0.2) is 22.4 Å². The van der Waals surface area contributed by atoms with Crippen molar-refractivity contribution in [2.24, 2.45) is 0 Å². The summed E-state index contributed by atoms with van der Waals surface area (Å²) in [5, 5.41) is 3.16. The zero-order chi connectivity index (χ0) is 19.2. The fraction of sp³-hybridized carbons (Fsp3) is 0.227. The number of hydrogen-bond acceptors (Lipinski definition) is 4. The van der Waals surface area contributed by atoms with Gasteiger partial charge >= 0.3 is 0 Å². The fourth-order valence-corrected chi connectivity index (χ4v) is 2.87. The summed E-state index contributed by atoms with van der Waals surface area (Å²) in [7, 11) is 0. The minimum Gasteiger partial charge on any atom is -0.324 e. The summed E-state index contributed by atoms with van der Waals surface area (Å²) in [5.41, 5.74) is 4.50. The van der Waals surface area contributed by atoms with Crippen LogP contribution in [-0.2, 0) is 6.42 Å². The first-order valence-electron chi connectivity index (χ1n) is 9.18. The summed E-state index contributed by atoms with van der Waals surface area (Å²) in [4.78, 5) is 23.4. The van der Waals surface area contributed by atoms with Crippen LogP contribution in [0.25, 0.3) is 0 Å². The van der Waals surface area contributed by atoms with Gasteiger partial charge in [0.2, 0.25) is 5.95 Å². The molecule has 3 rings (SSSR count). The first kappa shape index (κ1) is 18.6. The Balaban J connectivity index is 1.81. The number of anilines is 3. The van der Waals surface area contributed by atoms with Crippen molar-refractivity contribution < 1.29 is 4.79 Å². The van der Waals surface area contributed by atoms with Crippen LogP contribution in [0.1, 0.15) is 35.5 Å². The zero-order valence-electron chi connectivity index (χ0n) is 15.9.